The number of ketones is 2. The predicted octanol–water partition coefficient (Wildman–Crippen LogP) is 3.65. The number of ether oxygens (including phenoxy) is 2. The van der Waals surface area contributed by atoms with Crippen LogP contribution in [0, 0.1) is 28.6 Å². The highest BCUT2D eigenvalue weighted by Crippen LogP contribution is 2.71. The molecule has 7 nitrogen and oxygen atoms in total. The van der Waals surface area contributed by atoms with Crippen molar-refractivity contribution < 1.29 is 38.1 Å². The number of carbonyl (C=O) groups excluding carboxylic acids is 4. The van der Waals surface area contributed by atoms with Crippen molar-refractivity contribution in [2.75, 3.05) is 13.0 Å². The fourth-order valence-electron chi connectivity index (χ4n) is 8.03. The summed E-state index contributed by atoms with van der Waals surface area (Å²) in [4.78, 5) is 49.9. The van der Waals surface area contributed by atoms with E-state index in [-0.39, 0.29) is 31.0 Å². The third kappa shape index (κ3) is 3.46. The highest BCUT2D eigenvalue weighted by Gasteiger charge is 2.77. The average Bonchev–Trinajstić information content (AvgIpc) is 3.05. The van der Waals surface area contributed by atoms with Crippen molar-refractivity contribution in [3.8, 4) is 0 Å². The van der Waals surface area contributed by atoms with Gasteiger partial charge in [-0.05, 0) is 50.7 Å². The van der Waals surface area contributed by atoms with Crippen LogP contribution in [0.1, 0.15) is 59.3 Å². The first-order valence-corrected chi connectivity index (χ1v) is 13.0. The van der Waals surface area contributed by atoms with Gasteiger partial charge in [0.25, 0.3) is 0 Å². The SMILES string of the molecule is COC(=O)CCC(=O)O[C@]1(C(=O)CCl)C(C)C[C@H]2[C@@H]3CCC4=CC(=O)C=C[C@]4(C)[C@@]3(F)C(O)C[C@@]21C. The molecule has 0 amide bonds. The minimum Gasteiger partial charge on any atom is -0.469 e. The molecule has 36 heavy (non-hydrogen) atoms. The van der Waals surface area contributed by atoms with Gasteiger partial charge in [0.2, 0.25) is 0 Å². The molecule has 4 aliphatic carbocycles. The Morgan fingerprint density at radius 2 is 1.86 bits per heavy atom. The molecule has 0 aromatic heterocycles. The summed E-state index contributed by atoms with van der Waals surface area (Å²) in [6.45, 7) is 5.31. The summed E-state index contributed by atoms with van der Waals surface area (Å²) in [5, 5.41) is 11.5. The number of esters is 2. The van der Waals surface area contributed by atoms with Crippen molar-refractivity contribution in [1.29, 1.82) is 0 Å². The van der Waals surface area contributed by atoms with Gasteiger partial charge in [0, 0.05) is 22.7 Å². The van der Waals surface area contributed by atoms with E-state index in [0.29, 0.717) is 24.8 Å². The number of hydrogen-bond donors (Lipinski definition) is 1. The van der Waals surface area contributed by atoms with Crippen LogP contribution < -0.4 is 0 Å². The lowest BCUT2D eigenvalue weighted by Gasteiger charge is -2.62. The highest BCUT2D eigenvalue weighted by atomic mass is 35.5. The first-order valence-electron chi connectivity index (χ1n) is 12.5. The molecule has 0 aromatic rings. The van der Waals surface area contributed by atoms with Gasteiger partial charge in [-0.1, -0.05) is 25.5 Å². The molecule has 1 N–H and O–H groups in total. The molecule has 8 atom stereocenters. The minimum absolute atomic E-state index is 0.118. The molecule has 4 aliphatic rings. The maximum absolute atomic E-state index is 17.3. The van der Waals surface area contributed by atoms with Crippen molar-refractivity contribution >= 4 is 35.1 Å². The number of rotatable bonds is 6. The average molecular weight is 525 g/mol. The van der Waals surface area contributed by atoms with E-state index < -0.39 is 63.6 Å². The molecule has 0 saturated heterocycles. The number of fused-ring (bicyclic) bond motifs is 5. The maximum Gasteiger partial charge on any atom is 0.307 e. The number of Topliss-reactive ketones (excluding diaryl/α,β-unsaturated/α-hetero) is 1. The summed E-state index contributed by atoms with van der Waals surface area (Å²) in [6.07, 6.45) is 3.62. The van der Waals surface area contributed by atoms with Crippen LogP contribution in [0.5, 0.6) is 0 Å². The highest BCUT2D eigenvalue weighted by molar-refractivity contribution is 6.29. The van der Waals surface area contributed by atoms with Crippen LogP contribution in [0.15, 0.2) is 23.8 Å². The van der Waals surface area contributed by atoms with Crippen molar-refractivity contribution in [3.05, 3.63) is 23.8 Å². The Balaban J connectivity index is 1.76. The molecule has 9 heteroatoms. The first-order chi connectivity index (χ1) is 16.8. The Hall–Kier alpha value is -2.06. The summed E-state index contributed by atoms with van der Waals surface area (Å²) in [5.41, 5.74) is -5.30. The van der Waals surface area contributed by atoms with E-state index in [1.165, 1.54) is 19.3 Å². The number of halogens is 2. The third-order valence-electron chi connectivity index (χ3n) is 9.75. The zero-order valence-electron chi connectivity index (χ0n) is 21.1. The monoisotopic (exact) mass is 524 g/mol. The summed E-state index contributed by atoms with van der Waals surface area (Å²) >= 11 is 6.04. The van der Waals surface area contributed by atoms with Crippen LogP contribution in [0.3, 0.4) is 0 Å². The molecule has 3 fully saturated rings. The topological polar surface area (TPSA) is 107 Å². The Bertz CT molecular complexity index is 1050. The second-order valence-corrected chi connectivity index (χ2v) is 11.5. The van der Waals surface area contributed by atoms with Gasteiger partial charge in [-0.2, -0.15) is 0 Å². The second-order valence-electron chi connectivity index (χ2n) is 11.2. The standard InChI is InChI=1S/C27H34ClFO7/c1-15-11-19-18-6-5-16-12-17(30)9-10-24(16,2)26(18,29)20(31)13-25(19,3)27(15,21(32)14-28)36-23(34)8-7-22(33)35-4/h9-10,12,15,18-20,31H,5-8,11,13-14H2,1-4H3/t15?,18-,19-,20?,24-,25-,26-,27-/m0/s1. The van der Waals surface area contributed by atoms with Crippen LogP contribution in [0.4, 0.5) is 4.39 Å². The Labute approximate surface area is 215 Å². The van der Waals surface area contributed by atoms with Crippen LogP contribution in [0.2, 0.25) is 0 Å². The largest absolute Gasteiger partial charge is 0.469 e. The van der Waals surface area contributed by atoms with Crippen LogP contribution in [-0.4, -0.2) is 59.0 Å². The summed E-state index contributed by atoms with van der Waals surface area (Å²) in [7, 11) is 1.21. The number of alkyl halides is 2. The predicted molar refractivity (Wildman–Crippen MR) is 129 cm³/mol. The molecule has 2 unspecified atom stereocenters. The zero-order chi connectivity index (χ0) is 26.7. The smallest absolute Gasteiger partial charge is 0.307 e. The van der Waals surface area contributed by atoms with E-state index in [9.17, 15) is 24.3 Å². The van der Waals surface area contributed by atoms with Gasteiger partial charge in [-0.15, -0.1) is 11.6 Å². The molecule has 0 aromatic carbocycles. The van der Waals surface area contributed by atoms with Crippen molar-refractivity contribution in [2.24, 2.45) is 28.6 Å². The number of aliphatic hydroxyl groups is 1. The Morgan fingerprint density at radius 3 is 2.50 bits per heavy atom. The number of allylic oxidation sites excluding steroid dienone is 4. The number of methoxy groups -OCH3 is 1. The lowest BCUT2D eigenvalue weighted by Crippen LogP contribution is -2.70. The molecule has 0 aliphatic heterocycles. The number of carbonyl (C=O) groups is 4. The van der Waals surface area contributed by atoms with Gasteiger partial charge in [0.15, 0.2) is 22.8 Å². The summed E-state index contributed by atoms with van der Waals surface area (Å²) < 4.78 is 27.9. The Morgan fingerprint density at radius 1 is 1.19 bits per heavy atom. The molecule has 0 heterocycles. The molecule has 0 spiro atoms. The van der Waals surface area contributed by atoms with Crippen molar-refractivity contribution in [1.82, 2.24) is 0 Å². The van der Waals surface area contributed by atoms with Gasteiger partial charge < -0.3 is 14.6 Å². The zero-order valence-corrected chi connectivity index (χ0v) is 21.9. The van der Waals surface area contributed by atoms with Gasteiger partial charge in [0.05, 0.1) is 31.9 Å². The fourth-order valence-corrected chi connectivity index (χ4v) is 8.23. The van der Waals surface area contributed by atoms with Gasteiger partial charge in [-0.25, -0.2) is 4.39 Å². The lowest BCUT2D eigenvalue weighted by atomic mass is 9.44. The van der Waals surface area contributed by atoms with Crippen molar-refractivity contribution in [2.45, 2.75) is 76.7 Å². The van der Waals surface area contributed by atoms with E-state index in [2.05, 4.69) is 4.74 Å². The summed E-state index contributed by atoms with van der Waals surface area (Å²) in [5.74, 6) is -3.91. The van der Waals surface area contributed by atoms with Gasteiger partial charge in [0.1, 0.15) is 0 Å². The quantitative estimate of drug-likeness (QED) is 0.417. The Kier molecular flexibility index (Phi) is 6.78. The number of aliphatic hydroxyl groups excluding tert-OH is 1. The molecule has 3 saturated carbocycles. The van der Waals surface area contributed by atoms with E-state index in [4.69, 9.17) is 16.3 Å². The van der Waals surface area contributed by atoms with Gasteiger partial charge >= 0.3 is 11.9 Å². The molecule has 0 bridgehead atoms. The summed E-state index contributed by atoms with van der Waals surface area (Å²) in [6, 6.07) is 0. The maximum atomic E-state index is 17.3. The number of hydrogen-bond acceptors (Lipinski definition) is 7. The lowest BCUT2D eigenvalue weighted by molar-refractivity contribution is -0.227. The van der Waals surface area contributed by atoms with Crippen LogP contribution in [-0.2, 0) is 28.7 Å². The molecular weight excluding hydrogens is 491 g/mol. The minimum atomic E-state index is -2.06. The normalized spacial score (nSPS) is 43.1. The van der Waals surface area contributed by atoms with Crippen LogP contribution >= 0.6 is 11.6 Å². The molecule has 0 radical (unpaired) electrons. The third-order valence-corrected chi connectivity index (χ3v) is 10.00. The van der Waals surface area contributed by atoms with E-state index >= 15 is 4.39 Å². The van der Waals surface area contributed by atoms with E-state index in [1.807, 2.05) is 0 Å². The van der Waals surface area contributed by atoms with Gasteiger partial charge in [-0.3, -0.25) is 19.2 Å². The van der Waals surface area contributed by atoms with E-state index in [1.54, 1.807) is 26.8 Å². The molecule has 4 rings (SSSR count). The van der Waals surface area contributed by atoms with E-state index in [0.717, 1.165) is 0 Å². The van der Waals surface area contributed by atoms with Crippen molar-refractivity contribution in [3.63, 3.8) is 0 Å². The molecular formula is C27H34ClFO7. The second kappa shape index (κ2) is 9.05. The molecule has 198 valence electrons. The fraction of sp³-hybridized carbons (Fsp3) is 0.704. The van der Waals surface area contributed by atoms with Crippen LogP contribution in [0.25, 0.3) is 0 Å². The first kappa shape index (κ1) is 27.0.